The van der Waals surface area contributed by atoms with Crippen LogP contribution < -0.4 is 10.1 Å². The molecule has 0 aromatic heterocycles. The summed E-state index contributed by atoms with van der Waals surface area (Å²) in [5.74, 6) is 0.951. The summed E-state index contributed by atoms with van der Waals surface area (Å²) in [6, 6.07) is 16.3. The van der Waals surface area contributed by atoms with Crippen molar-refractivity contribution in [3.05, 3.63) is 64.1 Å². The molecular formula is C17H20BrNO. The Kier molecular flexibility index (Phi) is 6.09. The molecule has 0 aliphatic rings. The van der Waals surface area contributed by atoms with Crippen molar-refractivity contribution in [3.63, 3.8) is 0 Å². The Morgan fingerprint density at radius 1 is 1.00 bits per heavy atom. The molecule has 20 heavy (non-hydrogen) atoms. The molecule has 3 heteroatoms. The van der Waals surface area contributed by atoms with Gasteiger partial charge >= 0.3 is 0 Å². The highest BCUT2D eigenvalue weighted by Crippen LogP contribution is 2.22. The Balaban J connectivity index is 2.00. The molecule has 0 aliphatic heterocycles. The van der Waals surface area contributed by atoms with Crippen molar-refractivity contribution in [1.29, 1.82) is 0 Å². The van der Waals surface area contributed by atoms with Gasteiger partial charge in [0.1, 0.15) is 12.4 Å². The first-order valence-electron chi connectivity index (χ1n) is 6.96. The number of halogens is 1. The fraction of sp³-hybridized carbons (Fsp3) is 0.294. The van der Waals surface area contributed by atoms with E-state index in [0.717, 1.165) is 35.3 Å². The highest BCUT2D eigenvalue weighted by atomic mass is 79.9. The maximum atomic E-state index is 5.96. The summed E-state index contributed by atoms with van der Waals surface area (Å²) in [7, 11) is 0. The maximum Gasteiger partial charge on any atom is 0.124 e. The van der Waals surface area contributed by atoms with Gasteiger partial charge in [0.15, 0.2) is 0 Å². The van der Waals surface area contributed by atoms with Crippen LogP contribution in [0.15, 0.2) is 53.0 Å². The SMILES string of the molecule is CCCNCc1ccccc1OCc1ccccc1Br. The molecule has 2 rings (SSSR count). The van der Waals surface area contributed by atoms with E-state index in [4.69, 9.17) is 4.74 Å². The van der Waals surface area contributed by atoms with E-state index >= 15 is 0 Å². The number of hydrogen-bond donors (Lipinski definition) is 1. The Labute approximate surface area is 129 Å². The molecular weight excluding hydrogens is 314 g/mol. The van der Waals surface area contributed by atoms with Crippen LogP contribution >= 0.6 is 15.9 Å². The van der Waals surface area contributed by atoms with Gasteiger partial charge in [0.2, 0.25) is 0 Å². The summed E-state index contributed by atoms with van der Waals surface area (Å²) in [6.07, 6.45) is 1.14. The van der Waals surface area contributed by atoms with Crippen LogP contribution in [0.4, 0.5) is 0 Å². The van der Waals surface area contributed by atoms with Crippen molar-refractivity contribution >= 4 is 15.9 Å². The van der Waals surface area contributed by atoms with Crippen LogP contribution in [0.3, 0.4) is 0 Å². The molecule has 0 amide bonds. The van der Waals surface area contributed by atoms with Crippen molar-refractivity contribution in [1.82, 2.24) is 5.32 Å². The van der Waals surface area contributed by atoms with Gasteiger partial charge in [-0.25, -0.2) is 0 Å². The average molecular weight is 334 g/mol. The number of para-hydroxylation sites is 1. The smallest absolute Gasteiger partial charge is 0.124 e. The third kappa shape index (κ3) is 4.36. The lowest BCUT2D eigenvalue weighted by Crippen LogP contribution is -2.14. The van der Waals surface area contributed by atoms with Crippen molar-refractivity contribution in [2.24, 2.45) is 0 Å². The van der Waals surface area contributed by atoms with E-state index in [2.05, 4.69) is 40.3 Å². The normalized spacial score (nSPS) is 10.5. The molecule has 0 spiro atoms. The average Bonchev–Trinajstić information content (AvgIpc) is 2.48. The largest absolute Gasteiger partial charge is 0.489 e. The third-order valence-corrected chi connectivity index (χ3v) is 3.83. The van der Waals surface area contributed by atoms with Crippen LogP contribution in [0, 0.1) is 0 Å². The van der Waals surface area contributed by atoms with E-state index in [-0.39, 0.29) is 0 Å². The minimum Gasteiger partial charge on any atom is -0.489 e. The molecule has 2 nitrogen and oxygen atoms in total. The molecule has 1 N–H and O–H groups in total. The molecule has 0 saturated heterocycles. The first-order chi connectivity index (χ1) is 9.81. The number of rotatable bonds is 7. The fourth-order valence-corrected chi connectivity index (χ4v) is 2.36. The van der Waals surface area contributed by atoms with Gasteiger partial charge in [-0.05, 0) is 25.1 Å². The second kappa shape index (κ2) is 8.08. The van der Waals surface area contributed by atoms with Gasteiger partial charge in [-0.2, -0.15) is 0 Å². The van der Waals surface area contributed by atoms with Gasteiger partial charge in [-0.15, -0.1) is 0 Å². The molecule has 0 bridgehead atoms. The molecule has 2 aromatic rings. The van der Waals surface area contributed by atoms with E-state index in [1.807, 2.05) is 36.4 Å². The summed E-state index contributed by atoms with van der Waals surface area (Å²) < 4.78 is 7.05. The summed E-state index contributed by atoms with van der Waals surface area (Å²) in [6.45, 7) is 4.62. The Morgan fingerprint density at radius 3 is 2.45 bits per heavy atom. The molecule has 0 heterocycles. The van der Waals surface area contributed by atoms with E-state index in [1.165, 1.54) is 5.56 Å². The van der Waals surface area contributed by atoms with Crippen LogP contribution in [0.5, 0.6) is 5.75 Å². The van der Waals surface area contributed by atoms with E-state index in [9.17, 15) is 0 Å². The Hall–Kier alpha value is -1.32. The van der Waals surface area contributed by atoms with E-state index in [0.29, 0.717) is 6.61 Å². The number of benzene rings is 2. The summed E-state index contributed by atoms with van der Waals surface area (Å²) in [5, 5.41) is 3.41. The fourth-order valence-electron chi connectivity index (χ4n) is 1.96. The summed E-state index contributed by atoms with van der Waals surface area (Å²) in [4.78, 5) is 0. The number of ether oxygens (including phenoxy) is 1. The predicted molar refractivity (Wildman–Crippen MR) is 86.9 cm³/mol. The molecule has 0 atom stereocenters. The molecule has 106 valence electrons. The summed E-state index contributed by atoms with van der Waals surface area (Å²) >= 11 is 3.55. The minimum atomic E-state index is 0.576. The van der Waals surface area contributed by atoms with Gasteiger partial charge in [-0.3, -0.25) is 0 Å². The second-order valence-corrected chi connectivity index (χ2v) is 5.52. The zero-order valence-electron chi connectivity index (χ0n) is 11.7. The monoisotopic (exact) mass is 333 g/mol. The van der Waals surface area contributed by atoms with Gasteiger partial charge in [0, 0.05) is 22.1 Å². The van der Waals surface area contributed by atoms with Crippen molar-refractivity contribution in [3.8, 4) is 5.75 Å². The Bertz CT molecular complexity index is 542. The summed E-state index contributed by atoms with van der Waals surface area (Å²) in [5.41, 5.74) is 2.36. The van der Waals surface area contributed by atoms with Crippen LogP contribution in [0.2, 0.25) is 0 Å². The van der Waals surface area contributed by atoms with Gasteiger partial charge < -0.3 is 10.1 Å². The zero-order valence-corrected chi connectivity index (χ0v) is 13.3. The molecule has 0 unspecified atom stereocenters. The van der Waals surface area contributed by atoms with E-state index in [1.54, 1.807) is 0 Å². The van der Waals surface area contributed by atoms with Crippen molar-refractivity contribution in [2.75, 3.05) is 6.54 Å². The number of hydrogen-bond acceptors (Lipinski definition) is 2. The van der Waals surface area contributed by atoms with Crippen LogP contribution in [0.25, 0.3) is 0 Å². The predicted octanol–water partition coefficient (Wildman–Crippen LogP) is 4.53. The molecule has 2 aromatic carbocycles. The lowest BCUT2D eigenvalue weighted by atomic mass is 10.2. The lowest BCUT2D eigenvalue weighted by Gasteiger charge is -2.12. The highest BCUT2D eigenvalue weighted by Gasteiger charge is 2.04. The molecule has 0 radical (unpaired) electrons. The standard InChI is InChI=1S/C17H20BrNO/c1-2-11-19-12-14-7-4-6-10-17(14)20-13-15-8-3-5-9-16(15)18/h3-10,19H,2,11-13H2,1H3. The zero-order chi connectivity index (χ0) is 14.2. The quantitative estimate of drug-likeness (QED) is 0.751. The number of nitrogens with one attached hydrogen (secondary N) is 1. The van der Waals surface area contributed by atoms with Crippen LogP contribution in [0.1, 0.15) is 24.5 Å². The highest BCUT2D eigenvalue weighted by molar-refractivity contribution is 9.10. The van der Waals surface area contributed by atoms with Crippen LogP contribution in [-0.4, -0.2) is 6.54 Å². The maximum absolute atomic E-state index is 5.96. The van der Waals surface area contributed by atoms with Gasteiger partial charge in [0.05, 0.1) is 0 Å². The van der Waals surface area contributed by atoms with Crippen LogP contribution in [-0.2, 0) is 13.2 Å². The first-order valence-corrected chi connectivity index (χ1v) is 7.75. The first kappa shape index (κ1) is 15.1. The lowest BCUT2D eigenvalue weighted by molar-refractivity contribution is 0.301. The molecule has 0 saturated carbocycles. The van der Waals surface area contributed by atoms with Gasteiger partial charge in [-0.1, -0.05) is 59.3 Å². The van der Waals surface area contributed by atoms with Crippen molar-refractivity contribution < 1.29 is 4.74 Å². The third-order valence-electron chi connectivity index (χ3n) is 3.06. The molecule has 0 aliphatic carbocycles. The molecule has 0 fully saturated rings. The Morgan fingerprint density at radius 2 is 1.70 bits per heavy atom. The minimum absolute atomic E-state index is 0.576. The second-order valence-electron chi connectivity index (χ2n) is 4.66. The van der Waals surface area contributed by atoms with E-state index < -0.39 is 0 Å². The van der Waals surface area contributed by atoms with Gasteiger partial charge in [0.25, 0.3) is 0 Å². The topological polar surface area (TPSA) is 21.3 Å². The van der Waals surface area contributed by atoms with Crippen molar-refractivity contribution in [2.45, 2.75) is 26.5 Å².